The van der Waals surface area contributed by atoms with E-state index in [0.717, 1.165) is 19.8 Å². The van der Waals surface area contributed by atoms with E-state index in [0.29, 0.717) is 4.05 Å². The van der Waals surface area contributed by atoms with Crippen LogP contribution in [0.4, 0.5) is 0 Å². The standard InChI is InChI=1S/C5H10INO/c1-7-2-3-8-4-5(7)6/h5H,2-4H2,1H3. The molecule has 1 aliphatic heterocycles. The largest absolute Gasteiger partial charge is 0.378 e. The Kier molecular flexibility index (Phi) is 2.52. The first kappa shape index (κ1) is 6.77. The topological polar surface area (TPSA) is 12.5 Å². The molecule has 0 aromatic heterocycles. The third kappa shape index (κ3) is 1.56. The summed E-state index contributed by atoms with van der Waals surface area (Å²) in [5.74, 6) is 0. The maximum atomic E-state index is 5.20. The summed E-state index contributed by atoms with van der Waals surface area (Å²) in [6.45, 7) is 2.86. The average molecular weight is 227 g/mol. The van der Waals surface area contributed by atoms with Crippen molar-refractivity contribution in [3.63, 3.8) is 0 Å². The van der Waals surface area contributed by atoms with Crippen molar-refractivity contribution in [2.75, 3.05) is 26.8 Å². The molecule has 1 saturated heterocycles. The highest BCUT2D eigenvalue weighted by Crippen LogP contribution is 2.09. The van der Waals surface area contributed by atoms with Crippen molar-refractivity contribution >= 4 is 22.6 Å². The van der Waals surface area contributed by atoms with Gasteiger partial charge in [0.25, 0.3) is 0 Å². The first-order chi connectivity index (χ1) is 3.80. The predicted octanol–water partition coefficient (Wildman–Crippen LogP) is 0.709. The van der Waals surface area contributed by atoms with Gasteiger partial charge in [-0.2, -0.15) is 0 Å². The van der Waals surface area contributed by atoms with Crippen molar-refractivity contribution in [3.05, 3.63) is 0 Å². The molecule has 1 atom stereocenters. The molecule has 0 spiro atoms. The second-order valence-electron chi connectivity index (χ2n) is 1.99. The van der Waals surface area contributed by atoms with Crippen molar-refractivity contribution in [2.24, 2.45) is 0 Å². The highest BCUT2D eigenvalue weighted by Gasteiger charge is 2.14. The smallest absolute Gasteiger partial charge is 0.0854 e. The van der Waals surface area contributed by atoms with Crippen molar-refractivity contribution in [1.82, 2.24) is 4.90 Å². The molecule has 0 bridgehead atoms. The van der Waals surface area contributed by atoms with Crippen LogP contribution in [0.5, 0.6) is 0 Å². The molecule has 48 valence electrons. The molecule has 0 radical (unpaired) electrons. The van der Waals surface area contributed by atoms with Gasteiger partial charge in [-0.15, -0.1) is 0 Å². The molecule has 0 amide bonds. The molecule has 3 heteroatoms. The maximum Gasteiger partial charge on any atom is 0.0854 e. The predicted molar refractivity (Wildman–Crippen MR) is 41.3 cm³/mol. The Balaban J connectivity index is 2.28. The number of hydrogen-bond acceptors (Lipinski definition) is 2. The minimum absolute atomic E-state index is 0.585. The Morgan fingerprint density at radius 3 is 2.88 bits per heavy atom. The molecule has 0 aliphatic carbocycles. The van der Waals surface area contributed by atoms with Crippen LogP contribution in [-0.4, -0.2) is 35.8 Å². The summed E-state index contributed by atoms with van der Waals surface area (Å²) >= 11 is 2.38. The van der Waals surface area contributed by atoms with Gasteiger partial charge in [0.05, 0.1) is 17.3 Å². The maximum absolute atomic E-state index is 5.20. The monoisotopic (exact) mass is 227 g/mol. The van der Waals surface area contributed by atoms with Crippen LogP contribution < -0.4 is 0 Å². The molecule has 0 N–H and O–H groups in total. The number of ether oxygens (including phenoxy) is 1. The first-order valence-corrected chi connectivity index (χ1v) is 3.97. The fourth-order valence-corrected chi connectivity index (χ4v) is 1.19. The Morgan fingerprint density at radius 1 is 1.75 bits per heavy atom. The van der Waals surface area contributed by atoms with E-state index in [2.05, 4.69) is 34.5 Å². The van der Waals surface area contributed by atoms with Crippen LogP contribution >= 0.6 is 22.6 Å². The van der Waals surface area contributed by atoms with Gasteiger partial charge in [-0.05, 0) is 7.05 Å². The molecule has 1 unspecified atom stereocenters. The molecule has 1 aliphatic rings. The molecule has 2 nitrogen and oxygen atoms in total. The van der Waals surface area contributed by atoms with Gasteiger partial charge in [-0.25, -0.2) is 0 Å². The number of hydrogen-bond donors (Lipinski definition) is 0. The van der Waals surface area contributed by atoms with Gasteiger partial charge >= 0.3 is 0 Å². The fraction of sp³-hybridized carbons (Fsp3) is 1.00. The molecular formula is C5H10INO. The molecule has 0 aromatic carbocycles. The minimum atomic E-state index is 0.585. The SMILES string of the molecule is CN1CCOCC1I. The van der Waals surface area contributed by atoms with E-state index in [-0.39, 0.29) is 0 Å². The Morgan fingerprint density at radius 2 is 2.50 bits per heavy atom. The number of nitrogens with zero attached hydrogens (tertiary/aromatic N) is 1. The van der Waals surface area contributed by atoms with Gasteiger partial charge in [0.2, 0.25) is 0 Å². The summed E-state index contributed by atoms with van der Waals surface area (Å²) in [6.07, 6.45) is 0. The van der Waals surface area contributed by atoms with E-state index in [4.69, 9.17) is 4.74 Å². The normalized spacial score (nSPS) is 33.0. The van der Waals surface area contributed by atoms with Crippen molar-refractivity contribution in [3.8, 4) is 0 Å². The summed E-state index contributed by atoms with van der Waals surface area (Å²) in [6, 6.07) is 0. The van der Waals surface area contributed by atoms with Crippen LogP contribution in [0.2, 0.25) is 0 Å². The van der Waals surface area contributed by atoms with E-state index >= 15 is 0 Å². The van der Waals surface area contributed by atoms with Crippen LogP contribution in [0, 0.1) is 0 Å². The van der Waals surface area contributed by atoms with E-state index < -0.39 is 0 Å². The lowest BCUT2D eigenvalue weighted by atomic mass is 10.5. The van der Waals surface area contributed by atoms with Crippen molar-refractivity contribution in [1.29, 1.82) is 0 Å². The zero-order valence-electron chi connectivity index (χ0n) is 4.93. The van der Waals surface area contributed by atoms with Gasteiger partial charge < -0.3 is 4.74 Å². The zero-order valence-corrected chi connectivity index (χ0v) is 7.09. The molecule has 1 fully saturated rings. The summed E-state index contributed by atoms with van der Waals surface area (Å²) in [5, 5.41) is 0. The Hall–Kier alpha value is 0.650. The fourth-order valence-electron chi connectivity index (χ4n) is 0.656. The van der Waals surface area contributed by atoms with Crippen molar-refractivity contribution in [2.45, 2.75) is 4.05 Å². The Labute approximate surface area is 63.3 Å². The van der Waals surface area contributed by atoms with Gasteiger partial charge in [0.15, 0.2) is 0 Å². The summed E-state index contributed by atoms with van der Waals surface area (Å²) in [4.78, 5) is 2.30. The second-order valence-corrected chi connectivity index (χ2v) is 3.43. The van der Waals surface area contributed by atoms with Crippen LogP contribution in [0.15, 0.2) is 0 Å². The van der Waals surface area contributed by atoms with Gasteiger partial charge in [0.1, 0.15) is 0 Å². The van der Waals surface area contributed by atoms with Gasteiger partial charge in [-0.1, -0.05) is 22.6 Å². The summed E-state index contributed by atoms with van der Waals surface area (Å²) in [5.41, 5.74) is 0. The second kappa shape index (κ2) is 2.98. The number of halogens is 1. The van der Waals surface area contributed by atoms with Gasteiger partial charge in [-0.3, -0.25) is 4.90 Å². The third-order valence-corrected chi connectivity index (χ3v) is 2.63. The molecule has 8 heavy (non-hydrogen) atoms. The molecule has 0 saturated carbocycles. The van der Waals surface area contributed by atoms with Crippen LogP contribution in [0.1, 0.15) is 0 Å². The van der Waals surface area contributed by atoms with E-state index in [1.54, 1.807) is 0 Å². The number of morpholine rings is 1. The zero-order chi connectivity index (χ0) is 5.98. The first-order valence-electron chi connectivity index (χ1n) is 2.73. The number of alkyl halides is 1. The van der Waals surface area contributed by atoms with Crippen LogP contribution in [-0.2, 0) is 4.74 Å². The molecular weight excluding hydrogens is 217 g/mol. The lowest BCUT2D eigenvalue weighted by Gasteiger charge is -2.27. The summed E-state index contributed by atoms with van der Waals surface area (Å²) in [7, 11) is 2.12. The molecule has 1 rings (SSSR count). The molecule has 1 heterocycles. The van der Waals surface area contributed by atoms with E-state index in [1.165, 1.54) is 0 Å². The number of rotatable bonds is 0. The van der Waals surface area contributed by atoms with Crippen LogP contribution in [0.25, 0.3) is 0 Å². The van der Waals surface area contributed by atoms with Crippen molar-refractivity contribution < 1.29 is 4.74 Å². The minimum Gasteiger partial charge on any atom is -0.378 e. The highest BCUT2D eigenvalue weighted by molar-refractivity contribution is 14.1. The lowest BCUT2D eigenvalue weighted by molar-refractivity contribution is 0.0433. The Bertz CT molecular complexity index is 68.8. The quantitative estimate of drug-likeness (QED) is 0.343. The summed E-state index contributed by atoms with van der Waals surface area (Å²) < 4.78 is 5.79. The molecule has 0 aromatic rings. The van der Waals surface area contributed by atoms with Gasteiger partial charge in [0, 0.05) is 6.54 Å². The lowest BCUT2D eigenvalue weighted by Crippen LogP contribution is -2.38. The number of likely N-dealkylation sites (N-methyl/N-ethyl adjacent to an activating group) is 1. The average Bonchev–Trinajstić information content (AvgIpc) is 1.77. The highest BCUT2D eigenvalue weighted by atomic mass is 127. The van der Waals surface area contributed by atoms with E-state index in [1.807, 2.05) is 0 Å². The third-order valence-electron chi connectivity index (χ3n) is 1.32. The van der Waals surface area contributed by atoms with Crippen LogP contribution in [0.3, 0.4) is 0 Å². The van der Waals surface area contributed by atoms with E-state index in [9.17, 15) is 0 Å².